The van der Waals surface area contributed by atoms with Gasteiger partial charge in [-0.25, -0.2) is 0 Å². The number of halogens is 1. The molecule has 0 radical (unpaired) electrons. The van der Waals surface area contributed by atoms with E-state index in [0.717, 1.165) is 22.1 Å². The van der Waals surface area contributed by atoms with Gasteiger partial charge in [0.05, 0.1) is 0 Å². The monoisotopic (exact) mass is 250 g/mol. The Balaban J connectivity index is 2.62. The molecule has 1 aromatic heterocycles. The average Bonchev–Trinajstić information content (AvgIpc) is 2.55. The molecule has 0 bridgehead atoms. The van der Waals surface area contributed by atoms with Gasteiger partial charge in [0, 0.05) is 10.9 Å². The first-order valence-electron chi connectivity index (χ1n) is 5.63. The number of benzene rings is 1. The third kappa shape index (κ3) is 2.15. The first-order valence-corrected chi connectivity index (χ1v) is 6.01. The number of hydrogen-bond acceptors (Lipinski definition) is 1. The maximum absolute atomic E-state index is 6.04. The molecule has 0 fully saturated rings. The van der Waals surface area contributed by atoms with E-state index in [4.69, 9.17) is 17.3 Å². The van der Waals surface area contributed by atoms with Crippen molar-refractivity contribution in [1.82, 2.24) is 4.68 Å². The molecule has 17 heavy (non-hydrogen) atoms. The number of aryl methyl sites for hydroxylation is 1. The minimum Gasteiger partial charge on any atom is -0.392 e. The molecule has 0 saturated carbocycles. The van der Waals surface area contributed by atoms with Crippen molar-refractivity contribution < 1.29 is 4.68 Å². The van der Waals surface area contributed by atoms with Crippen molar-refractivity contribution in [1.29, 1.82) is 0 Å². The molecule has 1 aromatic carbocycles. The Bertz CT molecular complexity index is 526. The fourth-order valence-electron chi connectivity index (χ4n) is 2.10. The van der Waals surface area contributed by atoms with E-state index in [-0.39, 0.29) is 0 Å². The standard InChI is InChI=1S/C13H17ClN3/c1-9(2)13-12(15)8-16(3)17(13)11-6-4-10(14)5-7-11/h4-9H,15H2,1-3H3/q+1. The normalized spacial score (nSPS) is 11.1. The predicted octanol–water partition coefficient (Wildman–Crippen LogP) is 2.66. The Kier molecular flexibility index (Phi) is 3.11. The summed E-state index contributed by atoms with van der Waals surface area (Å²) in [6.07, 6.45) is 1.93. The van der Waals surface area contributed by atoms with E-state index in [2.05, 4.69) is 18.5 Å². The second-order valence-corrected chi connectivity index (χ2v) is 4.92. The van der Waals surface area contributed by atoms with Gasteiger partial charge in [0.15, 0.2) is 7.05 Å². The number of hydrogen-bond donors (Lipinski definition) is 1. The second kappa shape index (κ2) is 4.41. The van der Waals surface area contributed by atoms with Crippen LogP contribution in [-0.4, -0.2) is 4.68 Å². The van der Waals surface area contributed by atoms with E-state index in [1.54, 1.807) is 0 Å². The van der Waals surface area contributed by atoms with E-state index < -0.39 is 0 Å². The third-order valence-electron chi connectivity index (χ3n) is 2.78. The molecule has 90 valence electrons. The van der Waals surface area contributed by atoms with Crippen LogP contribution in [0.4, 0.5) is 5.69 Å². The zero-order valence-corrected chi connectivity index (χ0v) is 11.1. The second-order valence-electron chi connectivity index (χ2n) is 4.49. The van der Waals surface area contributed by atoms with Crippen molar-refractivity contribution in [2.45, 2.75) is 19.8 Å². The van der Waals surface area contributed by atoms with E-state index in [0.29, 0.717) is 5.92 Å². The van der Waals surface area contributed by atoms with Crippen molar-refractivity contribution in [2.24, 2.45) is 7.05 Å². The number of rotatable bonds is 2. The summed E-state index contributed by atoms with van der Waals surface area (Å²) in [4.78, 5) is 0. The summed E-state index contributed by atoms with van der Waals surface area (Å²) in [6, 6.07) is 7.76. The van der Waals surface area contributed by atoms with Crippen molar-refractivity contribution >= 4 is 17.3 Å². The van der Waals surface area contributed by atoms with Gasteiger partial charge in [-0.15, -0.1) is 9.36 Å². The van der Waals surface area contributed by atoms with Gasteiger partial charge in [-0.1, -0.05) is 25.4 Å². The molecule has 2 aromatic rings. The Morgan fingerprint density at radius 3 is 2.35 bits per heavy atom. The van der Waals surface area contributed by atoms with Crippen LogP contribution in [0.3, 0.4) is 0 Å². The van der Waals surface area contributed by atoms with Crippen LogP contribution >= 0.6 is 11.6 Å². The maximum atomic E-state index is 6.04. The van der Waals surface area contributed by atoms with Gasteiger partial charge in [0.25, 0.3) is 0 Å². The lowest BCUT2D eigenvalue weighted by Crippen LogP contribution is -2.38. The van der Waals surface area contributed by atoms with Crippen LogP contribution in [0.25, 0.3) is 5.69 Å². The molecule has 4 heteroatoms. The highest BCUT2D eigenvalue weighted by Crippen LogP contribution is 2.24. The van der Waals surface area contributed by atoms with Crippen LogP contribution in [0.15, 0.2) is 30.5 Å². The van der Waals surface area contributed by atoms with Crippen LogP contribution < -0.4 is 10.4 Å². The minimum atomic E-state index is 0.367. The number of aromatic nitrogens is 2. The first kappa shape index (κ1) is 12.0. The van der Waals surface area contributed by atoms with Gasteiger partial charge in [0.1, 0.15) is 17.1 Å². The highest BCUT2D eigenvalue weighted by Gasteiger charge is 2.21. The van der Waals surface area contributed by atoms with Crippen molar-refractivity contribution in [3.8, 4) is 5.69 Å². The van der Waals surface area contributed by atoms with Crippen LogP contribution in [0.1, 0.15) is 25.5 Å². The Labute approximate surface area is 106 Å². The molecular formula is C13H17ClN3+. The number of anilines is 1. The molecule has 0 aliphatic carbocycles. The van der Waals surface area contributed by atoms with Gasteiger partial charge < -0.3 is 5.73 Å². The van der Waals surface area contributed by atoms with E-state index >= 15 is 0 Å². The van der Waals surface area contributed by atoms with Gasteiger partial charge in [-0.2, -0.15) is 0 Å². The van der Waals surface area contributed by atoms with Gasteiger partial charge in [-0.05, 0) is 24.3 Å². The summed E-state index contributed by atoms with van der Waals surface area (Å²) in [7, 11) is 1.98. The topological polar surface area (TPSA) is 34.8 Å². The molecule has 0 saturated heterocycles. The van der Waals surface area contributed by atoms with Crippen molar-refractivity contribution in [3.05, 3.63) is 41.2 Å². The molecular weight excluding hydrogens is 234 g/mol. The molecule has 0 spiro atoms. The highest BCUT2D eigenvalue weighted by atomic mass is 35.5. The quantitative estimate of drug-likeness (QED) is 0.818. The number of nitrogen functional groups attached to an aromatic ring is 1. The zero-order chi connectivity index (χ0) is 12.6. The third-order valence-corrected chi connectivity index (χ3v) is 3.04. The predicted molar refractivity (Wildman–Crippen MR) is 70.5 cm³/mol. The van der Waals surface area contributed by atoms with Gasteiger partial charge >= 0.3 is 0 Å². The molecule has 3 nitrogen and oxygen atoms in total. The first-order chi connectivity index (χ1) is 8.00. The SMILES string of the molecule is CC(C)c1c(N)c[n+](C)n1-c1ccc(Cl)cc1. The van der Waals surface area contributed by atoms with Crippen molar-refractivity contribution in [2.75, 3.05) is 5.73 Å². The largest absolute Gasteiger partial charge is 0.392 e. The van der Waals surface area contributed by atoms with E-state index in [9.17, 15) is 0 Å². The molecule has 0 aliphatic rings. The maximum Gasteiger partial charge on any atom is 0.218 e. The fraction of sp³-hybridized carbons (Fsp3) is 0.308. The van der Waals surface area contributed by atoms with Crippen LogP contribution in [0.5, 0.6) is 0 Å². The Hall–Kier alpha value is -1.48. The summed E-state index contributed by atoms with van der Waals surface area (Å²) >= 11 is 5.91. The minimum absolute atomic E-state index is 0.367. The summed E-state index contributed by atoms with van der Waals surface area (Å²) in [5.74, 6) is 0.367. The number of nitrogens with two attached hydrogens (primary N) is 1. The lowest BCUT2D eigenvalue weighted by atomic mass is 10.1. The molecule has 0 aliphatic heterocycles. The number of nitrogens with zero attached hydrogens (tertiary/aromatic N) is 2. The van der Waals surface area contributed by atoms with E-state index in [1.165, 1.54) is 0 Å². The highest BCUT2D eigenvalue weighted by molar-refractivity contribution is 6.30. The molecule has 1 heterocycles. The lowest BCUT2D eigenvalue weighted by Gasteiger charge is -2.08. The summed E-state index contributed by atoms with van der Waals surface area (Å²) < 4.78 is 4.10. The van der Waals surface area contributed by atoms with Crippen LogP contribution in [-0.2, 0) is 7.05 Å². The smallest absolute Gasteiger partial charge is 0.218 e. The fourth-order valence-corrected chi connectivity index (χ4v) is 2.22. The van der Waals surface area contributed by atoms with Gasteiger partial charge in [0.2, 0.25) is 6.20 Å². The zero-order valence-electron chi connectivity index (χ0n) is 10.3. The Morgan fingerprint density at radius 1 is 1.24 bits per heavy atom. The summed E-state index contributed by atoms with van der Waals surface area (Å²) in [6.45, 7) is 4.27. The molecule has 0 atom stereocenters. The van der Waals surface area contributed by atoms with Crippen LogP contribution in [0, 0.1) is 0 Å². The van der Waals surface area contributed by atoms with E-state index in [1.807, 2.05) is 42.2 Å². The van der Waals surface area contributed by atoms with Crippen molar-refractivity contribution in [3.63, 3.8) is 0 Å². The summed E-state index contributed by atoms with van der Waals surface area (Å²) in [5, 5.41) is 0.739. The molecule has 0 amide bonds. The molecule has 0 unspecified atom stereocenters. The lowest BCUT2D eigenvalue weighted by molar-refractivity contribution is -0.744. The average molecular weight is 251 g/mol. The Morgan fingerprint density at radius 2 is 1.82 bits per heavy atom. The summed E-state index contributed by atoms with van der Waals surface area (Å²) in [5.41, 5.74) is 9.05. The molecule has 2 rings (SSSR count). The van der Waals surface area contributed by atoms with Crippen LogP contribution in [0.2, 0.25) is 5.02 Å². The van der Waals surface area contributed by atoms with Gasteiger partial charge in [-0.3, -0.25) is 0 Å². The molecule has 2 N–H and O–H groups in total.